The summed E-state index contributed by atoms with van der Waals surface area (Å²) in [5.74, 6) is 0.413. The first-order valence-electron chi connectivity index (χ1n) is 12.9. The first kappa shape index (κ1) is 25.3. The number of esters is 1. The van der Waals surface area contributed by atoms with Crippen LogP contribution in [0.15, 0.2) is 42.5 Å². The summed E-state index contributed by atoms with van der Waals surface area (Å²) in [6, 6.07) is 11.9. The summed E-state index contributed by atoms with van der Waals surface area (Å²) in [7, 11) is 0. The second-order valence-electron chi connectivity index (χ2n) is 9.33. The number of rotatable bonds is 13. The zero-order chi connectivity index (χ0) is 23.3. The highest BCUT2D eigenvalue weighted by Crippen LogP contribution is 2.28. The molecular formula is C29H39FO3. The number of unbranched alkanes of at least 4 members (excludes halogenated alkanes) is 5. The van der Waals surface area contributed by atoms with Gasteiger partial charge in [-0.3, -0.25) is 0 Å². The summed E-state index contributed by atoms with van der Waals surface area (Å²) >= 11 is 0. The first-order chi connectivity index (χ1) is 16.2. The molecule has 3 rings (SSSR count). The Morgan fingerprint density at radius 3 is 2.33 bits per heavy atom. The van der Waals surface area contributed by atoms with Crippen molar-refractivity contribution < 1.29 is 18.7 Å². The molecule has 0 spiro atoms. The fourth-order valence-corrected chi connectivity index (χ4v) is 4.56. The van der Waals surface area contributed by atoms with Crippen LogP contribution >= 0.6 is 0 Å². The Morgan fingerprint density at radius 2 is 1.61 bits per heavy atom. The number of carbonyl (C=O) groups excluding carboxylic acids is 1. The zero-order valence-electron chi connectivity index (χ0n) is 20.1. The lowest BCUT2D eigenvalue weighted by atomic mass is 9.85. The highest BCUT2D eigenvalue weighted by Gasteiger charge is 2.16. The molecule has 2 aromatic carbocycles. The van der Waals surface area contributed by atoms with Gasteiger partial charge >= 0.3 is 5.97 Å². The van der Waals surface area contributed by atoms with Crippen LogP contribution in [0.4, 0.5) is 4.39 Å². The summed E-state index contributed by atoms with van der Waals surface area (Å²) < 4.78 is 25.5. The lowest BCUT2D eigenvalue weighted by Crippen LogP contribution is -2.11. The minimum Gasteiger partial charge on any atom is -0.493 e. The van der Waals surface area contributed by atoms with Gasteiger partial charge in [0.25, 0.3) is 0 Å². The van der Waals surface area contributed by atoms with Gasteiger partial charge in [0.1, 0.15) is 17.3 Å². The zero-order valence-corrected chi connectivity index (χ0v) is 20.1. The SMILES string of the molecule is CCCCCCCCOc1ccc(C(=O)Oc2ccc(CCC3CCCCC3)cc2)c(F)c1. The highest BCUT2D eigenvalue weighted by molar-refractivity contribution is 5.91. The highest BCUT2D eigenvalue weighted by atomic mass is 19.1. The van der Waals surface area contributed by atoms with E-state index in [0.29, 0.717) is 18.1 Å². The van der Waals surface area contributed by atoms with E-state index in [1.165, 1.54) is 81.9 Å². The van der Waals surface area contributed by atoms with Gasteiger partial charge in [-0.05, 0) is 55.0 Å². The molecular weight excluding hydrogens is 415 g/mol. The van der Waals surface area contributed by atoms with Crippen molar-refractivity contribution >= 4 is 5.97 Å². The van der Waals surface area contributed by atoms with Gasteiger partial charge in [0, 0.05) is 6.07 Å². The third kappa shape index (κ3) is 8.83. The van der Waals surface area contributed by atoms with Gasteiger partial charge in [-0.25, -0.2) is 9.18 Å². The summed E-state index contributed by atoms with van der Waals surface area (Å²) in [6.45, 7) is 2.76. The predicted molar refractivity (Wildman–Crippen MR) is 132 cm³/mol. The summed E-state index contributed by atoms with van der Waals surface area (Å²) in [6.07, 6.45) is 16.1. The Kier molecular flexibility index (Phi) is 10.7. The monoisotopic (exact) mass is 454 g/mol. The molecule has 0 bridgehead atoms. The smallest absolute Gasteiger partial charge is 0.346 e. The molecule has 0 N–H and O–H groups in total. The molecule has 1 aliphatic rings. The molecule has 0 aliphatic heterocycles. The number of carbonyl (C=O) groups is 1. The fourth-order valence-electron chi connectivity index (χ4n) is 4.56. The normalized spacial score (nSPS) is 14.2. The van der Waals surface area contributed by atoms with E-state index in [4.69, 9.17) is 9.47 Å². The van der Waals surface area contributed by atoms with Crippen molar-refractivity contribution in [1.29, 1.82) is 0 Å². The molecule has 1 aliphatic carbocycles. The van der Waals surface area contributed by atoms with Gasteiger partial charge in [0.05, 0.1) is 12.2 Å². The van der Waals surface area contributed by atoms with Crippen LogP contribution in [-0.2, 0) is 6.42 Å². The Hall–Kier alpha value is -2.36. The number of ether oxygens (including phenoxy) is 2. The molecule has 180 valence electrons. The Labute approximate surface area is 198 Å². The molecule has 33 heavy (non-hydrogen) atoms. The number of hydrogen-bond donors (Lipinski definition) is 0. The number of aryl methyl sites for hydroxylation is 1. The van der Waals surface area contributed by atoms with Crippen molar-refractivity contribution in [3.05, 3.63) is 59.4 Å². The van der Waals surface area contributed by atoms with E-state index in [1.807, 2.05) is 12.1 Å². The lowest BCUT2D eigenvalue weighted by molar-refractivity contribution is 0.0730. The van der Waals surface area contributed by atoms with E-state index >= 15 is 0 Å². The van der Waals surface area contributed by atoms with Gasteiger partial charge in [0.15, 0.2) is 0 Å². The van der Waals surface area contributed by atoms with E-state index < -0.39 is 11.8 Å². The van der Waals surface area contributed by atoms with Crippen molar-refractivity contribution in [3.8, 4) is 11.5 Å². The summed E-state index contributed by atoms with van der Waals surface area (Å²) in [5, 5.41) is 0. The van der Waals surface area contributed by atoms with Crippen LogP contribution < -0.4 is 9.47 Å². The van der Waals surface area contributed by atoms with Crippen molar-refractivity contribution in [2.24, 2.45) is 5.92 Å². The minimum absolute atomic E-state index is 0.0803. The maximum absolute atomic E-state index is 14.5. The average molecular weight is 455 g/mol. The van der Waals surface area contributed by atoms with Crippen LogP contribution in [0.2, 0.25) is 0 Å². The molecule has 0 aromatic heterocycles. The molecule has 4 heteroatoms. The lowest BCUT2D eigenvalue weighted by Gasteiger charge is -2.21. The van der Waals surface area contributed by atoms with Crippen LogP contribution in [-0.4, -0.2) is 12.6 Å². The second kappa shape index (κ2) is 14.0. The maximum Gasteiger partial charge on any atom is 0.346 e. The third-order valence-corrected chi connectivity index (χ3v) is 6.63. The Balaban J connectivity index is 1.42. The standard InChI is InChI=1S/C29H39FO3/c1-2-3-4-5-6-10-21-32-26-19-20-27(28(30)22-26)29(31)33-25-17-15-24(16-18-25)14-13-23-11-8-7-9-12-23/h15-20,22-23H,2-14,21H2,1H3. The molecule has 3 nitrogen and oxygen atoms in total. The van der Waals surface area contributed by atoms with E-state index in [1.54, 1.807) is 18.2 Å². The number of hydrogen-bond acceptors (Lipinski definition) is 3. The quantitative estimate of drug-likeness (QED) is 0.173. The first-order valence-corrected chi connectivity index (χ1v) is 12.9. The van der Waals surface area contributed by atoms with Crippen LogP contribution in [0, 0.1) is 11.7 Å². The van der Waals surface area contributed by atoms with Crippen LogP contribution in [0.25, 0.3) is 0 Å². The maximum atomic E-state index is 14.5. The molecule has 1 fully saturated rings. The van der Waals surface area contributed by atoms with E-state index in [9.17, 15) is 9.18 Å². The molecule has 0 atom stereocenters. The molecule has 0 radical (unpaired) electrons. The largest absolute Gasteiger partial charge is 0.493 e. The number of benzene rings is 2. The Morgan fingerprint density at radius 1 is 0.909 bits per heavy atom. The van der Waals surface area contributed by atoms with Crippen molar-refractivity contribution in [2.75, 3.05) is 6.61 Å². The third-order valence-electron chi connectivity index (χ3n) is 6.63. The van der Waals surface area contributed by atoms with Gasteiger partial charge in [-0.15, -0.1) is 0 Å². The van der Waals surface area contributed by atoms with E-state index in [0.717, 1.165) is 25.2 Å². The van der Waals surface area contributed by atoms with Gasteiger partial charge in [-0.2, -0.15) is 0 Å². The molecule has 0 amide bonds. The van der Waals surface area contributed by atoms with E-state index in [-0.39, 0.29) is 5.56 Å². The minimum atomic E-state index is -0.690. The molecule has 1 saturated carbocycles. The molecule has 0 unspecified atom stereocenters. The average Bonchev–Trinajstić information content (AvgIpc) is 2.84. The summed E-state index contributed by atoms with van der Waals surface area (Å²) in [4.78, 5) is 12.4. The van der Waals surface area contributed by atoms with Crippen molar-refractivity contribution in [1.82, 2.24) is 0 Å². The fraction of sp³-hybridized carbons (Fsp3) is 0.552. The topological polar surface area (TPSA) is 35.5 Å². The van der Waals surface area contributed by atoms with Gasteiger partial charge < -0.3 is 9.47 Å². The van der Waals surface area contributed by atoms with Crippen molar-refractivity contribution in [3.63, 3.8) is 0 Å². The molecule has 0 heterocycles. The Bertz CT molecular complexity index is 840. The van der Waals surface area contributed by atoms with Crippen LogP contribution in [0.3, 0.4) is 0 Å². The van der Waals surface area contributed by atoms with Crippen LogP contribution in [0.5, 0.6) is 11.5 Å². The van der Waals surface area contributed by atoms with E-state index in [2.05, 4.69) is 6.92 Å². The second-order valence-corrected chi connectivity index (χ2v) is 9.33. The number of halogens is 1. The van der Waals surface area contributed by atoms with Crippen LogP contribution in [0.1, 0.15) is 99.9 Å². The predicted octanol–water partition coefficient (Wildman–Crippen LogP) is 8.30. The molecule has 2 aromatic rings. The summed E-state index contributed by atoms with van der Waals surface area (Å²) in [5.41, 5.74) is 1.17. The molecule has 0 saturated heterocycles. The van der Waals surface area contributed by atoms with Crippen molar-refractivity contribution in [2.45, 2.75) is 90.4 Å². The van der Waals surface area contributed by atoms with Gasteiger partial charge in [-0.1, -0.05) is 83.3 Å². The van der Waals surface area contributed by atoms with Gasteiger partial charge in [0.2, 0.25) is 0 Å².